The van der Waals surface area contributed by atoms with Gasteiger partial charge < -0.3 is 9.88 Å². The Morgan fingerprint density at radius 2 is 1.72 bits per heavy atom. The lowest BCUT2D eigenvalue weighted by Gasteiger charge is -2.12. The third-order valence-corrected chi connectivity index (χ3v) is 5.12. The number of anilines is 1. The number of aromatic nitrogens is 1. The first kappa shape index (κ1) is 20.2. The number of para-hydroxylation sites is 1. The van der Waals surface area contributed by atoms with E-state index < -0.39 is 5.91 Å². The molecule has 0 fully saturated rings. The second kappa shape index (κ2) is 8.20. The predicted molar refractivity (Wildman–Crippen MR) is 118 cm³/mol. The summed E-state index contributed by atoms with van der Waals surface area (Å²) in [7, 11) is 0. The quantitative estimate of drug-likeness (QED) is 0.473. The maximum atomic E-state index is 12.7. The average Bonchev–Trinajstić information content (AvgIpc) is 2.95. The largest absolute Gasteiger partial charge is 0.321 e. The molecule has 4 nitrogen and oxygen atoms in total. The van der Waals surface area contributed by atoms with Crippen LogP contribution in [-0.2, 0) is 4.79 Å². The highest BCUT2D eigenvalue weighted by Gasteiger charge is 2.15. The van der Waals surface area contributed by atoms with Crippen LogP contribution >= 0.6 is 0 Å². The highest BCUT2D eigenvalue weighted by Crippen LogP contribution is 2.25. The Labute approximate surface area is 172 Å². The molecule has 3 rings (SSSR count). The van der Waals surface area contributed by atoms with Crippen LogP contribution in [0.25, 0.3) is 11.8 Å². The van der Waals surface area contributed by atoms with E-state index in [2.05, 4.69) is 28.9 Å². The van der Waals surface area contributed by atoms with Crippen LogP contribution in [0.2, 0.25) is 0 Å². The molecular weight excluding hydrogens is 358 g/mol. The topological polar surface area (TPSA) is 57.8 Å². The monoisotopic (exact) mass is 383 g/mol. The van der Waals surface area contributed by atoms with Gasteiger partial charge in [-0.1, -0.05) is 35.9 Å². The fraction of sp³-hybridized carbons (Fsp3) is 0.200. The number of nitrogens with one attached hydrogen (secondary N) is 1. The molecule has 0 aliphatic rings. The number of nitrogens with zero attached hydrogens (tertiary/aromatic N) is 2. The lowest BCUT2D eigenvalue weighted by Crippen LogP contribution is -2.14. The predicted octanol–water partition coefficient (Wildman–Crippen LogP) is 5.57. The molecular formula is C25H25N3O. The maximum Gasteiger partial charge on any atom is 0.266 e. The van der Waals surface area contributed by atoms with Gasteiger partial charge in [0.2, 0.25) is 0 Å². The Morgan fingerprint density at radius 3 is 2.38 bits per heavy atom. The summed E-state index contributed by atoms with van der Waals surface area (Å²) in [5.74, 6) is -0.403. The number of amides is 1. The van der Waals surface area contributed by atoms with E-state index in [1.54, 1.807) is 6.08 Å². The lowest BCUT2D eigenvalue weighted by atomic mass is 10.1. The Hall–Kier alpha value is -3.58. The fourth-order valence-corrected chi connectivity index (χ4v) is 3.57. The van der Waals surface area contributed by atoms with Crippen molar-refractivity contribution >= 4 is 17.7 Å². The van der Waals surface area contributed by atoms with Gasteiger partial charge in [0.15, 0.2) is 0 Å². The Kier molecular flexibility index (Phi) is 5.70. The van der Waals surface area contributed by atoms with Gasteiger partial charge in [0, 0.05) is 22.8 Å². The van der Waals surface area contributed by atoms with Crippen LogP contribution in [0.1, 0.15) is 33.6 Å². The van der Waals surface area contributed by atoms with Crippen LogP contribution < -0.4 is 5.32 Å². The Balaban J connectivity index is 1.96. The molecule has 0 saturated heterocycles. The smallest absolute Gasteiger partial charge is 0.266 e. The Morgan fingerprint density at radius 1 is 1.00 bits per heavy atom. The third-order valence-electron chi connectivity index (χ3n) is 5.12. The van der Waals surface area contributed by atoms with Crippen LogP contribution in [0.15, 0.2) is 54.1 Å². The van der Waals surface area contributed by atoms with Crippen LogP contribution in [0.3, 0.4) is 0 Å². The van der Waals surface area contributed by atoms with Crippen molar-refractivity contribution in [2.45, 2.75) is 34.6 Å². The molecule has 0 bridgehead atoms. The highest BCUT2D eigenvalue weighted by atomic mass is 16.1. The molecule has 1 N–H and O–H groups in total. The van der Waals surface area contributed by atoms with Crippen LogP contribution in [-0.4, -0.2) is 10.5 Å². The van der Waals surface area contributed by atoms with Crippen LogP contribution in [0, 0.1) is 45.9 Å². The molecule has 0 aliphatic carbocycles. The molecule has 4 heteroatoms. The number of nitriles is 1. The van der Waals surface area contributed by atoms with Crippen molar-refractivity contribution in [2.24, 2.45) is 0 Å². The van der Waals surface area contributed by atoms with Gasteiger partial charge in [-0.25, -0.2) is 0 Å². The number of benzene rings is 2. The first-order valence-electron chi connectivity index (χ1n) is 9.57. The molecule has 0 aliphatic heterocycles. The Bertz CT molecular complexity index is 1160. The number of carbonyl (C=O) groups is 1. The van der Waals surface area contributed by atoms with E-state index in [-0.39, 0.29) is 5.57 Å². The van der Waals surface area contributed by atoms with Gasteiger partial charge in [0.25, 0.3) is 5.91 Å². The average molecular weight is 383 g/mol. The van der Waals surface area contributed by atoms with Gasteiger partial charge in [0.05, 0.1) is 0 Å². The van der Waals surface area contributed by atoms with Crippen molar-refractivity contribution in [2.75, 3.05) is 5.32 Å². The summed E-state index contributed by atoms with van der Waals surface area (Å²) >= 11 is 0. The van der Waals surface area contributed by atoms with Crippen LogP contribution in [0.4, 0.5) is 5.69 Å². The summed E-state index contributed by atoms with van der Waals surface area (Å²) in [4.78, 5) is 12.7. The fourth-order valence-electron chi connectivity index (χ4n) is 3.57. The highest BCUT2D eigenvalue weighted by molar-refractivity contribution is 6.10. The number of hydrogen-bond acceptors (Lipinski definition) is 2. The number of carbonyl (C=O) groups excluding carboxylic acids is 1. The minimum Gasteiger partial charge on any atom is -0.321 e. The van der Waals surface area contributed by atoms with E-state index in [4.69, 9.17) is 0 Å². The molecule has 2 aromatic carbocycles. The minimum absolute atomic E-state index is 0.0787. The molecule has 3 aromatic rings. The SMILES string of the molecule is Cc1ccc(NC(=O)/C(C#N)=C/c2cc(C)n(-c3ccccc3C)c2C)c(C)c1. The molecule has 0 radical (unpaired) electrons. The van der Waals surface area contributed by atoms with Crippen molar-refractivity contribution in [1.82, 2.24) is 4.57 Å². The molecule has 29 heavy (non-hydrogen) atoms. The zero-order chi connectivity index (χ0) is 21.1. The van der Waals surface area contributed by atoms with Gasteiger partial charge in [-0.15, -0.1) is 0 Å². The molecule has 146 valence electrons. The molecule has 0 atom stereocenters. The zero-order valence-corrected chi connectivity index (χ0v) is 17.5. The summed E-state index contributed by atoms with van der Waals surface area (Å²) in [5, 5.41) is 12.4. The summed E-state index contributed by atoms with van der Waals surface area (Å²) in [6, 6.07) is 18.0. The molecule has 1 heterocycles. The van der Waals surface area contributed by atoms with Gasteiger partial charge in [0.1, 0.15) is 11.6 Å². The van der Waals surface area contributed by atoms with E-state index in [0.717, 1.165) is 39.3 Å². The van der Waals surface area contributed by atoms with E-state index in [0.29, 0.717) is 5.69 Å². The number of rotatable bonds is 4. The summed E-state index contributed by atoms with van der Waals surface area (Å²) in [6.07, 6.45) is 1.66. The first-order valence-corrected chi connectivity index (χ1v) is 9.57. The second-order valence-electron chi connectivity index (χ2n) is 7.39. The standard InChI is InChI=1S/C25H25N3O/c1-16-10-11-23(18(3)12-16)27-25(29)22(15-26)14-21-13-19(4)28(20(21)5)24-9-7-6-8-17(24)2/h6-14H,1-5H3,(H,27,29)/b22-14+. The molecule has 0 spiro atoms. The summed E-state index contributed by atoms with van der Waals surface area (Å²) < 4.78 is 2.15. The first-order chi connectivity index (χ1) is 13.8. The van der Waals surface area contributed by atoms with Crippen molar-refractivity contribution < 1.29 is 4.79 Å². The van der Waals surface area contributed by atoms with Crippen LogP contribution in [0.5, 0.6) is 0 Å². The normalized spacial score (nSPS) is 11.2. The van der Waals surface area contributed by atoms with Crippen molar-refractivity contribution in [3.63, 3.8) is 0 Å². The molecule has 1 aromatic heterocycles. The number of hydrogen-bond donors (Lipinski definition) is 1. The van der Waals surface area contributed by atoms with Gasteiger partial charge in [-0.2, -0.15) is 5.26 Å². The summed E-state index contributed by atoms with van der Waals surface area (Å²) in [5.41, 5.74) is 8.05. The second-order valence-corrected chi connectivity index (χ2v) is 7.39. The van der Waals surface area contributed by atoms with Crippen molar-refractivity contribution in [1.29, 1.82) is 5.26 Å². The van der Waals surface area contributed by atoms with E-state index in [1.165, 1.54) is 0 Å². The molecule has 0 saturated carbocycles. The van der Waals surface area contributed by atoms with E-state index in [1.807, 2.05) is 70.2 Å². The van der Waals surface area contributed by atoms with E-state index >= 15 is 0 Å². The lowest BCUT2D eigenvalue weighted by molar-refractivity contribution is -0.112. The van der Waals surface area contributed by atoms with Crippen molar-refractivity contribution in [3.05, 3.63) is 87.7 Å². The third kappa shape index (κ3) is 4.14. The van der Waals surface area contributed by atoms with Gasteiger partial charge in [-0.3, -0.25) is 4.79 Å². The van der Waals surface area contributed by atoms with Gasteiger partial charge >= 0.3 is 0 Å². The van der Waals surface area contributed by atoms with E-state index in [9.17, 15) is 10.1 Å². The molecule has 1 amide bonds. The summed E-state index contributed by atoms with van der Waals surface area (Å²) in [6.45, 7) is 10.0. The van der Waals surface area contributed by atoms with Gasteiger partial charge in [-0.05, 0) is 75.6 Å². The minimum atomic E-state index is -0.403. The molecule has 0 unspecified atom stereocenters. The van der Waals surface area contributed by atoms with Crippen molar-refractivity contribution in [3.8, 4) is 11.8 Å². The zero-order valence-electron chi connectivity index (χ0n) is 17.5. The number of aryl methyl sites for hydroxylation is 4. The maximum absolute atomic E-state index is 12.7.